The average molecular weight is 490 g/mol. The number of H-pyrrole nitrogens is 1. The SMILES string of the molecule is C[N+](C)(C)CCCCCNCCCNCCCN(O)CCCNC(=O)Cc1c[nH]c2ccccc12. The smallest absolute Gasteiger partial charge is 0.224 e. The van der Waals surface area contributed by atoms with E-state index in [9.17, 15) is 10.0 Å². The van der Waals surface area contributed by atoms with Gasteiger partial charge in [-0.1, -0.05) is 18.2 Å². The van der Waals surface area contributed by atoms with Crippen LogP contribution in [0.1, 0.15) is 44.1 Å². The Labute approximate surface area is 212 Å². The van der Waals surface area contributed by atoms with Gasteiger partial charge in [0, 0.05) is 36.7 Å². The van der Waals surface area contributed by atoms with Gasteiger partial charge in [-0.2, -0.15) is 5.06 Å². The Morgan fingerprint density at radius 2 is 1.54 bits per heavy atom. The van der Waals surface area contributed by atoms with Gasteiger partial charge < -0.3 is 30.6 Å². The lowest BCUT2D eigenvalue weighted by molar-refractivity contribution is -0.870. The van der Waals surface area contributed by atoms with Gasteiger partial charge in [0.1, 0.15) is 0 Å². The Kier molecular flexibility index (Phi) is 13.9. The minimum atomic E-state index is 0.0118. The quantitative estimate of drug-likeness (QED) is 0.112. The normalized spacial score (nSPS) is 12.0. The van der Waals surface area contributed by atoms with Gasteiger partial charge in [-0.05, 0) is 76.3 Å². The molecule has 1 heterocycles. The number of nitrogens with one attached hydrogen (secondary N) is 4. The maximum Gasteiger partial charge on any atom is 0.224 e. The lowest BCUT2D eigenvalue weighted by Gasteiger charge is -2.23. The number of aromatic nitrogens is 1. The molecule has 0 fully saturated rings. The van der Waals surface area contributed by atoms with E-state index in [4.69, 9.17) is 0 Å². The number of carbonyl (C=O) groups excluding carboxylic acids is 1. The van der Waals surface area contributed by atoms with Crippen molar-refractivity contribution in [2.24, 2.45) is 0 Å². The average Bonchev–Trinajstić information content (AvgIpc) is 3.22. The predicted octanol–water partition coefficient (Wildman–Crippen LogP) is 2.74. The van der Waals surface area contributed by atoms with E-state index in [0.717, 1.165) is 66.4 Å². The van der Waals surface area contributed by atoms with Crippen molar-refractivity contribution in [2.45, 2.75) is 44.9 Å². The molecule has 1 aromatic carbocycles. The first-order chi connectivity index (χ1) is 16.8. The number of rotatable bonds is 20. The molecule has 0 saturated carbocycles. The van der Waals surface area contributed by atoms with Gasteiger partial charge >= 0.3 is 0 Å². The molecule has 5 N–H and O–H groups in total. The summed E-state index contributed by atoms with van der Waals surface area (Å²) in [6.45, 7) is 7.10. The highest BCUT2D eigenvalue weighted by Crippen LogP contribution is 2.17. The molecule has 35 heavy (non-hydrogen) atoms. The van der Waals surface area contributed by atoms with Gasteiger partial charge in [0.15, 0.2) is 0 Å². The van der Waals surface area contributed by atoms with E-state index in [1.54, 1.807) is 0 Å². The molecule has 2 aromatic rings. The first-order valence-electron chi connectivity index (χ1n) is 13.3. The summed E-state index contributed by atoms with van der Waals surface area (Å²) >= 11 is 0. The van der Waals surface area contributed by atoms with Crippen LogP contribution in [0.5, 0.6) is 0 Å². The third-order valence-electron chi connectivity index (χ3n) is 6.10. The molecule has 1 aromatic heterocycles. The van der Waals surface area contributed by atoms with Crippen LogP contribution in [-0.2, 0) is 11.2 Å². The third kappa shape index (κ3) is 13.6. The van der Waals surface area contributed by atoms with E-state index in [1.165, 1.54) is 30.9 Å². The van der Waals surface area contributed by atoms with E-state index < -0.39 is 0 Å². The molecule has 2 rings (SSSR count). The van der Waals surface area contributed by atoms with Crippen molar-refractivity contribution in [3.63, 3.8) is 0 Å². The van der Waals surface area contributed by atoms with Crippen molar-refractivity contribution in [1.82, 2.24) is 26.0 Å². The van der Waals surface area contributed by atoms with Gasteiger partial charge in [-0.25, -0.2) is 0 Å². The van der Waals surface area contributed by atoms with Gasteiger partial charge in [0.05, 0.1) is 34.1 Å². The van der Waals surface area contributed by atoms with Crippen LogP contribution in [0, 0.1) is 0 Å². The number of amides is 1. The van der Waals surface area contributed by atoms with Crippen LogP contribution < -0.4 is 16.0 Å². The van der Waals surface area contributed by atoms with Crippen molar-refractivity contribution >= 4 is 16.8 Å². The predicted molar refractivity (Wildman–Crippen MR) is 145 cm³/mol. The second-order valence-corrected chi connectivity index (χ2v) is 10.5. The van der Waals surface area contributed by atoms with Crippen molar-refractivity contribution in [1.29, 1.82) is 0 Å². The summed E-state index contributed by atoms with van der Waals surface area (Å²) in [6, 6.07) is 8.00. The van der Waals surface area contributed by atoms with E-state index >= 15 is 0 Å². The molecular formula is C27H49N6O2+. The zero-order valence-electron chi connectivity index (χ0n) is 22.2. The van der Waals surface area contributed by atoms with Crippen molar-refractivity contribution in [2.75, 3.05) is 73.5 Å². The van der Waals surface area contributed by atoms with Gasteiger partial charge in [-0.15, -0.1) is 0 Å². The maximum absolute atomic E-state index is 12.2. The molecule has 8 heteroatoms. The highest BCUT2D eigenvalue weighted by Gasteiger charge is 2.08. The Morgan fingerprint density at radius 3 is 2.29 bits per heavy atom. The molecule has 0 spiro atoms. The summed E-state index contributed by atoms with van der Waals surface area (Å²) in [5.41, 5.74) is 2.06. The summed E-state index contributed by atoms with van der Waals surface area (Å²) < 4.78 is 1.05. The Morgan fingerprint density at radius 1 is 0.886 bits per heavy atom. The minimum Gasteiger partial charge on any atom is -0.361 e. The van der Waals surface area contributed by atoms with Gasteiger partial charge in [0.25, 0.3) is 0 Å². The van der Waals surface area contributed by atoms with Crippen LogP contribution in [0.25, 0.3) is 10.9 Å². The monoisotopic (exact) mass is 489 g/mol. The Balaban J connectivity index is 1.35. The number of para-hydroxylation sites is 1. The molecule has 0 bridgehead atoms. The number of hydrogen-bond donors (Lipinski definition) is 5. The summed E-state index contributed by atoms with van der Waals surface area (Å²) in [7, 11) is 6.75. The highest BCUT2D eigenvalue weighted by atomic mass is 16.5. The van der Waals surface area contributed by atoms with Crippen molar-refractivity contribution < 1.29 is 14.5 Å². The van der Waals surface area contributed by atoms with Crippen LogP contribution in [0.4, 0.5) is 0 Å². The van der Waals surface area contributed by atoms with Crippen LogP contribution in [0.15, 0.2) is 30.5 Å². The Bertz CT molecular complexity index is 832. The largest absolute Gasteiger partial charge is 0.361 e. The van der Waals surface area contributed by atoms with E-state index in [1.807, 2.05) is 30.5 Å². The molecular weight excluding hydrogens is 440 g/mol. The highest BCUT2D eigenvalue weighted by molar-refractivity contribution is 5.88. The molecule has 0 saturated heterocycles. The van der Waals surface area contributed by atoms with E-state index in [-0.39, 0.29) is 5.91 Å². The number of fused-ring (bicyclic) bond motifs is 1. The first-order valence-corrected chi connectivity index (χ1v) is 13.3. The minimum absolute atomic E-state index is 0.0118. The molecule has 0 aliphatic rings. The van der Waals surface area contributed by atoms with Crippen LogP contribution >= 0.6 is 0 Å². The maximum atomic E-state index is 12.2. The molecule has 1 amide bonds. The van der Waals surface area contributed by atoms with Gasteiger partial charge in [0.2, 0.25) is 5.91 Å². The molecule has 0 unspecified atom stereocenters. The Hall–Kier alpha value is -1.97. The zero-order chi connectivity index (χ0) is 25.4. The number of hydroxylamine groups is 2. The van der Waals surface area contributed by atoms with E-state index in [0.29, 0.717) is 26.1 Å². The fourth-order valence-corrected chi connectivity index (χ4v) is 4.10. The molecule has 198 valence electrons. The van der Waals surface area contributed by atoms with Crippen LogP contribution in [0.3, 0.4) is 0 Å². The number of carbonyl (C=O) groups is 1. The van der Waals surface area contributed by atoms with Crippen molar-refractivity contribution in [3.8, 4) is 0 Å². The fraction of sp³-hybridized carbons (Fsp3) is 0.667. The molecule has 0 aliphatic heterocycles. The zero-order valence-corrected chi connectivity index (χ0v) is 22.2. The second-order valence-electron chi connectivity index (χ2n) is 10.5. The molecule has 8 nitrogen and oxygen atoms in total. The number of nitrogens with zero attached hydrogens (tertiary/aromatic N) is 2. The summed E-state index contributed by atoms with van der Waals surface area (Å²) in [6.07, 6.45) is 8.89. The lowest BCUT2D eigenvalue weighted by Crippen LogP contribution is -2.35. The number of quaternary nitrogens is 1. The van der Waals surface area contributed by atoms with Crippen molar-refractivity contribution in [3.05, 3.63) is 36.0 Å². The third-order valence-corrected chi connectivity index (χ3v) is 6.10. The fourth-order valence-electron chi connectivity index (χ4n) is 4.10. The summed E-state index contributed by atoms with van der Waals surface area (Å²) in [5, 5.41) is 22.4. The number of unbranched alkanes of at least 4 members (excludes halogenated alkanes) is 2. The first kappa shape index (κ1) is 29.3. The number of aromatic amines is 1. The molecule has 0 atom stereocenters. The van der Waals surface area contributed by atoms with E-state index in [2.05, 4.69) is 42.1 Å². The number of hydrogen-bond acceptors (Lipinski definition) is 5. The van der Waals surface area contributed by atoms with Crippen LogP contribution in [0.2, 0.25) is 0 Å². The summed E-state index contributed by atoms with van der Waals surface area (Å²) in [5.74, 6) is 0.0118. The lowest BCUT2D eigenvalue weighted by atomic mass is 10.1. The number of benzene rings is 1. The standard InChI is InChI=1S/C27H48N6O2/c1-33(2,3)21-8-4-7-14-28-15-9-16-29-17-10-19-32(35)20-11-18-30-27(34)22-24-23-31-26-13-6-5-12-25(24)26/h5-6,12-13,23,28-29,31,35H,4,7-11,14-22H2,1-3H3/p+1. The second kappa shape index (κ2) is 16.7. The summed E-state index contributed by atoms with van der Waals surface area (Å²) in [4.78, 5) is 15.4. The topological polar surface area (TPSA) is 92.4 Å². The van der Waals surface area contributed by atoms with Gasteiger partial charge in [-0.3, -0.25) is 4.79 Å². The molecule has 0 radical (unpaired) electrons. The van der Waals surface area contributed by atoms with Crippen LogP contribution in [-0.4, -0.2) is 99.1 Å². The molecule has 0 aliphatic carbocycles.